The molecule has 0 saturated carbocycles. The van der Waals surface area contributed by atoms with Gasteiger partial charge in [-0.25, -0.2) is 9.50 Å². The number of amides is 1. The first-order valence-electron chi connectivity index (χ1n) is 9.30. The van der Waals surface area contributed by atoms with Crippen molar-refractivity contribution in [3.63, 3.8) is 0 Å². The lowest BCUT2D eigenvalue weighted by molar-refractivity contribution is 0.0817. The summed E-state index contributed by atoms with van der Waals surface area (Å²) >= 11 is 0. The van der Waals surface area contributed by atoms with E-state index < -0.39 is 0 Å². The summed E-state index contributed by atoms with van der Waals surface area (Å²) in [5.41, 5.74) is 4.42. The van der Waals surface area contributed by atoms with E-state index in [1.54, 1.807) is 17.8 Å². The Hall–Kier alpha value is -3.66. The highest BCUT2D eigenvalue weighted by atomic mass is 16.5. The number of carbonyl (C=O) groups is 1. The van der Waals surface area contributed by atoms with Crippen molar-refractivity contribution in [3.8, 4) is 0 Å². The average molecular weight is 392 g/mol. The number of aromatic nitrogens is 5. The fraction of sp³-hybridized carbons (Fsp3) is 0.263. The summed E-state index contributed by atoms with van der Waals surface area (Å²) in [7, 11) is 1.81. The van der Waals surface area contributed by atoms with Crippen molar-refractivity contribution in [1.29, 1.82) is 0 Å². The predicted molar refractivity (Wildman–Crippen MR) is 108 cm³/mol. The molecule has 3 aromatic heterocycles. The molecule has 0 spiro atoms. The Morgan fingerprint density at radius 2 is 2.17 bits per heavy atom. The van der Waals surface area contributed by atoms with Crippen molar-refractivity contribution < 1.29 is 9.53 Å². The van der Waals surface area contributed by atoms with E-state index in [-0.39, 0.29) is 11.9 Å². The number of aromatic amines is 1. The second-order valence-electron chi connectivity index (χ2n) is 7.05. The number of carbonyl (C=O) groups excluding carboxylic acids is 1. The minimum absolute atomic E-state index is 0.177. The van der Waals surface area contributed by atoms with Gasteiger partial charge in [0, 0.05) is 30.2 Å². The van der Waals surface area contributed by atoms with Crippen LogP contribution in [0.3, 0.4) is 0 Å². The van der Waals surface area contributed by atoms with Crippen molar-refractivity contribution in [2.45, 2.75) is 19.6 Å². The average Bonchev–Trinajstić information content (AvgIpc) is 3.33. The Morgan fingerprint density at radius 1 is 1.28 bits per heavy atom. The molecule has 1 aliphatic rings. The summed E-state index contributed by atoms with van der Waals surface area (Å²) in [6.45, 7) is 2.67. The van der Waals surface area contributed by atoms with Crippen molar-refractivity contribution in [2.24, 2.45) is 0 Å². The number of fused-ring (bicyclic) bond motifs is 5. The Bertz CT molecular complexity index is 1230. The van der Waals surface area contributed by atoms with E-state index in [9.17, 15) is 4.79 Å². The highest BCUT2D eigenvalue weighted by Gasteiger charge is 2.19. The molecule has 1 aliphatic heterocycles. The van der Waals surface area contributed by atoms with Crippen molar-refractivity contribution in [1.82, 2.24) is 30.1 Å². The van der Waals surface area contributed by atoms with Gasteiger partial charge in [-0.1, -0.05) is 0 Å². The number of nitrogens with one attached hydrogen (secondary N) is 4. The molecule has 0 aliphatic carbocycles. The molecule has 4 bridgehead atoms. The molecule has 4 N–H and O–H groups in total. The molecule has 10 heteroatoms. The highest BCUT2D eigenvalue weighted by Crippen LogP contribution is 2.27. The Kier molecular flexibility index (Phi) is 4.06. The van der Waals surface area contributed by atoms with Crippen molar-refractivity contribution >= 4 is 39.6 Å². The number of anilines is 3. The Labute approximate surface area is 165 Å². The number of H-pyrrole nitrogens is 1. The van der Waals surface area contributed by atoms with Crippen LogP contribution in [0.1, 0.15) is 23.0 Å². The Balaban J connectivity index is 1.69. The molecular weight excluding hydrogens is 372 g/mol. The molecular formula is C19H20N8O2. The second-order valence-corrected chi connectivity index (χ2v) is 7.05. The molecule has 0 radical (unpaired) electrons. The molecule has 4 heterocycles. The van der Waals surface area contributed by atoms with Crippen LogP contribution in [-0.2, 0) is 11.3 Å². The summed E-state index contributed by atoms with van der Waals surface area (Å²) in [6.07, 6.45) is 3.31. The van der Waals surface area contributed by atoms with Crippen molar-refractivity contribution in [2.75, 3.05) is 24.3 Å². The molecule has 1 amide bonds. The summed E-state index contributed by atoms with van der Waals surface area (Å²) in [4.78, 5) is 17.1. The molecule has 10 nitrogen and oxygen atoms in total. The lowest BCUT2D eigenvalue weighted by Gasteiger charge is -2.16. The third-order valence-electron chi connectivity index (χ3n) is 4.89. The van der Waals surface area contributed by atoms with Crippen LogP contribution in [0, 0.1) is 0 Å². The topological polar surface area (TPSA) is 121 Å². The zero-order valence-corrected chi connectivity index (χ0v) is 16.0. The number of imidazole rings is 1. The third kappa shape index (κ3) is 3.03. The lowest BCUT2D eigenvalue weighted by atomic mass is 10.1. The molecule has 5 rings (SSSR count). The van der Waals surface area contributed by atoms with E-state index in [2.05, 4.69) is 36.2 Å². The number of ether oxygens (including phenoxy) is 1. The molecule has 4 aromatic rings. The molecule has 1 aromatic carbocycles. The summed E-state index contributed by atoms with van der Waals surface area (Å²) in [5, 5.41) is 22.1. The summed E-state index contributed by atoms with van der Waals surface area (Å²) < 4.78 is 7.41. The monoisotopic (exact) mass is 392 g/mol. The fourth-order valence-electron chi connectivity index (χ4n) is 3.52. The first kappa shape index (κ1) is 17.4. The van der Waals surface area contributed by atoms with Crippen molar-refractivity contribution in [3.05, 3.63) is 41.9 Å². The smallest absolute Gasteiger partial charge is 0.271 e. The zero-order chi connectivity index (χ0) is 20.0. The predicted octanol–water partition coefficient (Wildman–Crippen LogP) is 2.04. The number of hydrogen-bond donors (Lipinski definition) is 4. The number of benzene rings is 1. The van der Waals surface area contributed by atoms with Gasteiger partial charge in [-0.3, -0.25) is 9.89 Å². The summed E-state index contributed by atoms with van der Waals surface area (Å²) in [5.74, 6) is 0.317. The standard InChI is InChI=1S/C19H20N8O2/c1-10-8-29-9-11-3-12(4-14-13(11)6-22-25-14)24-17-5-15(20-2)18-21-7-16(19(28)23-10)27(18)26-17/h3-7,10,20H,8-9H2,1-2H3,(H,22,25)(H,23,28)(H,24,26)/t10-/m1/s1. The maximum atomic E-state index is 12.8. The zero-order valence-electron chi connectivity index (χ0n) is 16.0. The van der Waals surface area contributed by atoms with E-state index in [1.165, 1.54) is 6.20 Å². The molecule has 1 atom stereocenters. The number of hydrogen-bond acceptors (Lipinski definition) is 7. The van der Waals surface area contributed by atoms with Crippen LogP contribution in [0.25, 0.3) is 16.6 Å². The molecule has 148 valence electrons. The largest absolute Gasteiger partial charge is 0.385 e. The number of rotatable bonds is 1. The maximum Gasteiger partial charge on any atom is 0.271 e. The van der Waals surface area contributed by atoms with Crippen LogP contribution >= 0.6 is 0 Å². The van der Waals surface area contributed by atoms with Gasteiger partial charge in [0.15, 0.2) is 17.2 Å². The first-order chi connectivity index (χ1) is 14.1. The molecule has 0 fully saturated rings. The quantitative estimate of drug-likeness (QED) is 0.391. The van der Waals surface area contributed by atoms with Crippen LogP contribution in [0.4, 0.5) is 17.2 Å². The highest BCUT2D eigenvalue weighted by molar-refractivity contribution is 5.94. The minimum atomic E-state index is -0.256. The van der Waals surface area contributed by atoms with E-state index >= 15 is 0 Å². The SMILES string of the molecule is CNc1cc2nn3c(cnc13)C(=O)N[C@H](C)COCc1cc(cc3[nH]ncc13)N2. The molecule has 29 heavy (non-hydrogen) atoms. The van der Waals surface area contributed by atoms with E-state index in [0.717, 1.165) is 27.8 Å². The van der Waals surface area contributed by atoms with Gasteiger partial charge >= 0.3 is 0 Å². The van der Waals surface area contributed by atoms with E-state index in [1.807, 2.05) is 25.1 Å². The van der Waals surface area contributed by atoms with E-state index in [4.69, 9.17) is 4.74 Å². The fourth-order valence-corrected chi connectivity index (χ4v) is 3.52. The van der Waals surface area contributed by atoms with Gasteiger partial charge in [-0.15, -0.1) is 5.10 Å². The molecule has 0 saturated heterocycles. The lowest BCUT2D eigenvalue weighted by Crippen LogP contribution is -2.36. The van der Waals surface area contributed by atoms with Crippen LogP contribution in [0.5, 0.6) is 0 Å². The van der Waals surface area contributed by atoms with Gasteiger partial charge in [0.2, 0.25) is 0 Å². The van der Waals surface area contributed by atoms with Crippen LogP contribution in [-0.4, -0.2) is 50.4 Å². The third-order valence-corrected chi connectivity index (χ3v) is 4.89. The summed E-state index contributed by atoms with van der Waals surface area (Å²) in [6, 6.07) is 5.66. The van der Waals surface area contributed by atoms with Crippen LogP contribution in [0.2, 0.25) is 0 Å². The number of nitrogens with zero attached hydrogens (tertiary/aromatic N) is 4. The first-order valence-corrected chi connectivity index (χ1v) is 9.30. The Morgan fingerprint density at radius 3 is 3.03 bits per heavy atom. The van der Waals surface area contributed by atoms with Gasteiger partial charge in [0.05, 0.1) is 36.8 Å². The van der Waals surface area contributed by atoms with Gasteiger partial charge in [-0.05, 0) is 24.6 Å². The molecule has 0 unspecified atom stereocenters. The maximum absolute atomic E-state index is 12.8. The van der Waals surface area contributed by atoms with Gasteiger partial charge in [0.25, 0.3) is 5.91 Å². The van der Waals surface area contributed by atoms with Gasteiger partial charge < -0.3 is 20.7 Å². The van der Waals surface area contributed by atoms with Crippen LogP contribution < -0.4 is 16.0 Å². The van der Waals surface area contributed by atoms with Gasteiger partial charge in [-0.2, -0.15) is 5.10 Å². The van der Waals surface area contributed by atoms with E-state index in [0.29, 0.717) is 30.4 Å². The van der Waals surface area contributed by atoms with Crippen LogP contribution in [0.15, 0.2) is 30.6 Å². The van der Waals surface area contributed by atoms with Gasteiger partial charge in [0.1, 0.15) is 0 Å². The minimum Gasteiger partial charge on any atom is -0.385 e. The second kappa shape index (κ2) is 6.74. The normalized spacial score (nSPS) is 17.2.